The third-order valence-electron chi connectivity index (χ3n) is 2.75. The predicted octanol–water partition coefficient (Wildman–Crippen LogP) is 5.23. The predicted molar refractivity (Wildman–Crippen MR) is 82.3 cm³/mol. The van der Waals surface area contributed by atoms with Crippen molar-refractivity contribution in [1.82, 2.24) is 0 Å². The van der Waals surface area contributed by atoms with E-state index >= 15 is 0 Å². The van der Waals surface area contributed by atoms with Crippen molar-refractivity contribution in [1.29, 1.82) is 5.26 Å². The van der Waals surface area contributed by atoms with Crippen LogP contribution in [0.1, 0.15) is 17.2 Å². The number of hydrogen-bond donors (Lipinski definition) is 1. The lowest BCUT2D eigenvalue weighted by atomic mass is 10.1. The van der Waals surface area contributed by atoms with Gasteiger partial charge >= 0.3 is 0 Å². The lowest BCUT2D eigenvalue weighted by Crippen LogP contribution is -2.09. The van der Waals surface area contributed by atoms with Crippen molar-refractivity contribution in [3.05, 3.63) is 62.8 Å². The van der Waals surface area contributed by atoms with Crippen LogP contribution in [0.2, 0.25) is 5.02 Å². The first-order chi connectivity index (χ1) is 9.49. The molecule has 1 unspecified atom stereocenters. The number of benzene rings is 2. The Kier molecular flexibility index (Phi) is 4.64. The lowest BCUT2D eigenvalue weighted by molar-refractivity contribution is 0.627. The van der Waals surface area contributed by atoms with Crippen LogP contribution in [-0.4, -0.2) is 0 Å². The zero-order valence-corrected chi connectivity index (χ0v) is 13.0. The third kappa shape index (κ3) is 3.50. The highest BCUT2D eigenvalue weighted by Crippen LogP contribution is 2.29. The number of nitriles is 1. The highest BCUT2D eigenvalue weighted by atomic mass is 79.9. The van der Waals surface area contributed by atoms with Crippen LogP contribution < -0.4 is 5.32 Å². The van der Waals surface area contributed by atoms with Crippen molar-refractivity contribution in [2.75, 3.05) is 5.32 Å². The molecule has 1 N–H and O–H groups in total. The van der Waals surface area contributed by atoms with E-state index in [0.29, 0.717) is 16.3 Å². The molecule has 0 aliphatic carbocycles. The Morgan fingerprint density at radius 3 is 2.70 bits per heavy atom. The first-order valence-corrected chi connectivity index (χ1v) is 7.05. The normalized spacial score (nSPS) is 11.8. The average molecular weight is 354 g/mol. The molecule has 0 saturated heterocycles. The zero-order chi connectivity index (χ0) is 14.7. The molecule has 0 aliphatic heterocycles. The van der Waals surface area contributed by atoms with Gasteiger partial charge in [0.15, 0.2) is 0 Å². The molecular weight excluding hydrogens is 343 g/mol. The maximum Gasteiger partial charge on any atom is 0.141 e. The van der Waals surface area contributed by atoms with Gasteiger partial charge in [0.25, 0.3) is 0 Å². The summed E-state index contributed by atoms with van der Waals surface area (Å²) in [5, 5.41) is 12.8. The van der Waals surface area contributed by atoms with E-state index in [1.54, 1.807) is 31.2 Å². The van der Waals surface area contributed by atoms with Crippen LogP contribution in [0.25, 0.3) is 0 Å². The molecule has 0 saturated carbocycles. The first-order valence-electron chi connectivity index (χ1n) is 5.88. The van der Waals surface area contributed by atoms with Crippen LogP contribution in [0.4, 0.5) is 10.1 Å². The van der Waals surface area contributed by atoms with Gasteiger partial charge in [-0.25, -0.2) is 4.39 Å². The molecule has 0 aliphatic rings. The summed E-state index contributed by atoms with van der Waals surface area (Å²) >= 11 is 9.46. The van der Waals surface area contributed by atoms with Crippen LogP contribution >= 0.6 is 27.5 Å². The fraction of sp³-hybridized carbons (Fsp3) is 0.133. The maximum absolute atomic E-state index is 13.4. The number of aryl methyl sites for hydroxylation is 1. The molecule has 5 heteroatoms. The van der Waals surface area contributed by atoms with Gasteiger partial charge in [-0.3, -0.25) is 0 Å². The molecule has 2 aromatic rings. The average Bonchev–Trinajstić information content (AvgIpc) is 2.38. The summed E-state index contributed by atoms with van der Waals surface area (Å²) in [7, 11) is 0. The molecule has 1 atom stereocenters. The molecule has 0 heterocycles. The monoisotopic (exact) mass is 352 g/mol. The molecule has 0 aromatic heterocycles. The number of nitrogens with zero attached hydrogens (tertiary/aromatic N) is 1. The van der Waals surface area contributed by atoms with Crippen molar-refractivity contribution in [3.63, 3.8) is 0 Å². The second-order valence-electron chi connectivity index (χ2n) is 4.39. The minimum Gasteiger partial charge on any atom is -0.366 e. The lowest BCUT2D eigenvalue weighted by Gasteiger charge is -2.15. The molecular formula is C15H11BrClFN2. The van der Waals surface area contributed by atoms with Gasteiger partial charge in [0.2, 0.25) is 0 Å². The molecule has 2 aromatic carbocycles. The first kappa shape index (κ1) is 14.8. The topological polar surface area (TPSA) is 35.8 Å². The summed E-state index contributed by atoms with van der Waals surface area (Å²) in [5.41, 5.74) is 1.97. The SMILES string of the molecule is Cc1cc(F)cc(NC(C#N)c2cc(Br)ccc2Cl)c1. The van der Waals surface area contributed by atoms with Crippen molar-refractivity contribution < 1.29 is 4.39 Å². The summed E-state index contributed by atoms with van der Waals surface area (Å²) in [6.45, 7) is 1.79. The molecule has 2 nitrogen and oxygen atoms in total. The highest BCUT2D eigenvalue weighted by Gasteiger charge is 2.15. The minimum absolute atomic E-state index is 0.343. The van der Waals surface area contributed by atoms with Crippen LogP contribution in [0.3, 0.4) is 0 Å². The van der Waals surface area contributed by atoms with Gasteiger partial charge in [0.05, 0.1) is 6.07 Å². The Balaban J connectivity index is 2.34. The standard InChI is InChI=1S/C15H11BrClFN2/c1-9-4-11(18)7-12(5-9)20-15(8-19)13-6-10(16)2-3-14(13)17/h2-7,15,20H,1H3. The molecule has 102 valence electrons. The molecule has 0 radical (unpaired) electrons. The van der Waals surface area contributed by atoms with Gasteiger partial charge < -0.3 is 5.32 Å². The van der Waals surface area contributed by atoms with Gasteiger partial charge in [-0.05, 0) is 48.9 Å². The van der Waals surface area contributed by atoms with Crippen molar-refractivity contribution in [2.45, 2.75) is 13.0 Å². The summed E-state index contributed by atoms with van der Waals surface area (Å²) < 4.78 is 14.2. The van der Waals surface area contributed by atoms with Gasteiger partial charge in [0, 0.05) is 20.7 Å². The molecule has 0 fully saturated rings. The van der Waals surface area contributed by atoms with Crippen LogP contribution in [0.5, 0.6) is 0 Å². The van der Waals surface area contributed by atoms with E-state index in [1.165, 1.54) is 12.1 Å². The zero-order valence-electron chi connectivity index (χ0n) is 10.6. The van der Waals surface area contributed by atoms with E-state index in [1.807, 2.05) is 0 Å². The summed E-state index contributed by atoms with van der Waals surface area (Å²) in [4.78, 5) is 0. The van der Waals surface area contributed by atoms with E-state index in [9.17, 15) is 9.65 Å². The quantitative estimate of drug-likeness (QED) is 0.820. The Bertz CT molecular complexity index is 662. The minimum atomic E-state index is -0.652. The van der Waals surface area contributed by atoms with Gasteiger partial charge in [-0.15, -0.1) is 0 Å². The Morgan fingerprint density at radius 2 is 2.05 bits per heavy atom. The second-order valence-corrected chi connectivity index (χ2v) is 5.71. The van der Waals surface area contributed by atoms with Crippen molar-refractivity contribution in [3.8, 4) is 6.07 Å². The molecule has 0 amide bonds. The van der Waals surface area contributed by atoms with Crippen LogP contribution in [0.15, 0.2) is 40.9 Å². The number of halogens is 3. The third-order valence-corrected chi connectivity index (χ3v) is 3.59. The highest BCUT2D eigenvalue weighted by molar-refractivity contribution is 9.10. The fourth-order valence-corrected chi connectivity index (χ4v) is 2.51. The number of nitrogens with one attached hydrogen (secondary N) is 1. The van der Waals surface area contributed by atoms with E-state index < -0.39 is 6.04 Å². The number of anilines is 1. The number of rotatable bonds is 3. The summed E-state index contributed by atoms with van der Waals surface area (Å²) in [6.07, 6.45) is 0. The summed E-state index contributed by atoms with van der Waals surface area (Å²) in [5.74, 6) is -0.343. The largest absolute Gasteiger partial charge is 0.366 e. The Morgan fingerprint density at radius 1 is 1.30 bits per heavy atom. The van der Waals surface area contributed by atoms with E-state index in [4.69, 9.17) is 11.6 Å². The van der Waals surface area contributed by atoms with Gasteiger partial charge in [-0.2, -0.15) is 5.26 Å². The smallest absolute Gasteiger partial charge is 0.141 e. The van der Waals surface area contributed by atoms with Crippen LogP contribution in [0, 0.1) is 24.1 Å². The van der Waals surface area contributed by atoms with E-state index in [0.717, 1.165) is 10.0 Å². The van der Waals surface area contributed by atoms with Crippen molar-refractivity contribution in [2.24, 2.45) is 0 Å². The molecule has 2 rings (SSSR count). The van der Waals surface area contributed by atoms with Gasteiger partial charge in [-0.1, -0.05) is 27.5 Å². The number of hydrogen-bond acceptors (Lipinski definition) is 2. The van der Waals surface area contributed by atoms with E-state index in [-0.39, 0.29) is 5.82 Å². The summed E-state index contributed by atoms with van der Waals surface area (Å²) in [6, 6.07) is 11.3. The molecule has 0 bridgehead atoms. The van der Waals surface area contributed by atoms with E-state index in [2.05, 4.69) is 27.3 Å². The molecule has 0 spiro atoms. The fourth-order valence-electron chi connectivity index (χ4n) is 1.90. The van der Waals surface area contributed by atoms with Crippen molar-refractivity contribution >= 4 is 33.2 Å². The second kappa shape index (κ2) is 6.25. The molecule has 20 heavy (non-hydrogen) atoms. The van der Waals surface area contributed by atoms with Gasteiger partial charge in [0.1, 0.15) is 11.9 Å². The Labute approximate surface area is 130 Å². The van der Waals surface area contributed by atoms with Crippen LogP contribution in [-0.2, 0) is 0 Å². The maximum atomic E-state index is 13.4. The Hall–Kier alpha value is -1.57.